The Labute approximate surface area is 226 Å². The lowest BCUT2D eigenvalue weighted by Gasteiger charge is -2.42. The molecule has 37 heavy (non-hydrogen) atoms. The van der Waals surface area contributed by atoms with Crippen LogP contribution >= 0.6 is 0 Å². The van der Waals surface area contributed by atoms with Gasteiger partial charge in [-0.05, 0) is 78.9 Å². The normalized spacial score (nSPS) is 12.8. The van der Waals surface area contributed by atoms with Crippen molar-refractivity contribution in [3.05, 3.63) is 36.9 Å². The first-order valence-corrected chi connectivity index (χ1v) is 13.6. The maximum Gasteiger partial charge on any atom is 0.330 e. The largest absolute Gasteiger partial charge is 0.494 e. The number of carbonyl (C=O) groups is 1. The maximum absolute atomic E-state index is 11.5. The molecule has 0 aliphatic carbocycles. The van der Waals surface area contributed by atoms with E-state index in [4.69, 9.17) is 23.7 Å². The molecule has 0 atom stereocenters. The van der Waals surface area contributed by atoms with E-state index in [1.165, 1.54) is 6.08 Å². The Bertz CT molecular complexity index is 825. The van der Waals surface area contributed by atoms with E-state index in [0.29, 0.717) is 32.8 Å². The molecule has 6 heteroatoms. The number of hydrogen-bond donors (Lipinski definition) is 0. The topological polar surface area (TPSA) is 63.2 Å². The Morgan fingerprint density at radius 3 is 2.05 bits per heavy atom. The number of ether oxygens (including phenoxy) is 5. The van der Waals surface area contributed by atoms with Gasteiger partial charge in [-0.2, -0.15) is 0 Å². The van der Waals surface area contributed by atoms with Crippen molar-refractivity contribution >= 4 is 5.97 Å². The molecule has 0 spiro atoms. The predicted molar refractivity (Wildman–Crippen MR) is 150 cm³/mol. The lowest BCUT2D eigenvalue weighted by atomic mass is 9.73. The molecule has 0 aromatic heterocycles. The molecule has 0 heterocycles. The van der Waals surface area contributed by atoms with Gasteiger partial charge in [0.25, 0.3) is 0 Å². The summed E-state index contributed by atoms with van der Waals surface area (Å²) in [6.07, 6.45) is 5.69. The number of hydrogen-bond acceptors (Lipinski definition) is 6. The van der Waals surface area contributed by atoms with Gasteiger partial charge in [0, 0.05) is 31.6 Å². The van der Waals surface area contributed by atoms with Gasteiger partial charge in [0.15, 0.2) is 0 Å². The van der Waals surface area contributed by atoms with Gasteiger partial charge < -0.3 is 23.7 Å². The third-order valence-corrected chi connectivity index (χ3v) is 7.12. The molecule has 1 aromatic carbocycles. The maximum atomic E-state index is 11.5. The molecule has 0 amide bonds. The van der Waals surface area contributed by atoms with E-state index in [-0.39, 0.29) is 16.6 Å². The first-order valence-electron chi connectivity index (χ1n) is 13.6. The number of carbonyl (C=O) groups excluding carboxylic acids is 1. The molecule has 0 N–H and O–H groups in total. The van der Waals surface area contributed by atoms with Crippen LogP contribution in [0.5, 0.6) is 11.5 Å². The lowest BCUT2D eigenvalue weighted by Crippen LogP contribution is -2.43. The zero-order chi connectivity index (χ0) is 28.2. The standard InChI is InChI=1S/C31H52O6/c1-11-27(32)37-30(7,8)20-23-36-31(9,10)28(3,4)18-13-14-21-35-29(5,6)19-22-34-26-17-15-16-25(24-26)33-12-2/h11,15-17,24H,1,12-14,18-23H2,2-10H3. The summed E-state index contributed by atoms with van der Waals surface area (Å²) in [5.74, 6) is 1.23. The third kappa shape index (κ3) is 12.8. The van der Waals surface area contributed by atoms with Crippen molar-refractivity contribution in [2.75, 3.05) is 26.4 Å². The van der Waals surface area contributed by atoms with E-state index in [0.717, 1.165) is 37.2 Å². The molecule has 0 bridgehead atoms. The van der Waals surface area contributed by atoms with Crippen LogP contribution < -0.4 is 9.47 Å². The second kappa shape index (κ2) is 14.8. The third-order valence-electron chi connectivity index (χ3n) is 7.12. The Hall–Kier alpha value is -2.05. The monoisotopic (exact) mass is 520 g/mol. The molecule has 0 saturated heterocycles. The van der Waals surface area contributed by atoms with Crippen LogP contribution in [0.2, 0.25) is 0 Å². The van der Waals surface area contributed by atoms with Gasteiger partial charge >= 0.3 is 5.97 Å². The second-order valence-corrected chi connectivity index (χ2v) is 11.9. The van der Waals surface area contributed by atoms with Crippen molar-refractivity contribution in [3.63, 3.8) is 0 Å². The minimum atomic E-state index is -0.589. The van der Waals surface area contributed by atoms with Gasteiger partial charge in [-0.3, -0.25) is 0 Å². The molecule has 1 rings (SSSR count). The van der Waals surface area contributed by atoms with E-state index >= 15 is 0 Å². The highest BCUT2D eigenvalue weighted by molar-refractivity contribution is 5.81. The summed E-state index contributed by atoms with van der Waals surface area (Å²) >= 11 is 0. The second-order valence-electron chi connectivity index (χ2n) is 11.9. The fourth-order valence-corrected chi connectivity index (χ4v) is 3.74. The first-order chi connectivity index (χ1) is 17.1. The average Bonchev–Trinajstić information content (AvgIpc) is 2.78. The van der Waals surface area contributed by atoms with Gasteiger partial charge in [-0.1, -0.05) is 32.9 Å². The molecule has 212 valence electrons. The molecule has 0 aliphatic heterocycles. The fourth-order valence-electron chi connectivity index (χ4n) is 3.74. The lowest BCUT2D eigenvalue weighted by molar-refractivity contribution is -0.155. The Balaban J connectivity index is 2.35. The highest BCUT2D eigenvalue weighted by Crippen LogP contribution is 2.39. The summed E-state index contributed by atoms with van der Waals surface area (Å²) < 4.78 is 29.3. The average molecular weight is 521 g/mol. The summed E-state index contributed by atoms with van der Waals surface area (Å²) in [5.41, 5.74) is -1.18. The zero-order valence-corrected chi connectivity index (χ0v) is 24.9. The van der Waals surface area contributed by atoms with Crippen LogP contribution in [0.15, 0.2) is 36.9 Å². The van der Waals surface area contributed by atoms with Crippen LogP contribution in [0.25, 0.3) is 0 Å². The quantitative estimate of drug-likeness (QED) is 0.107. The van der Waals surface area contributed by atoms with Crippen molar-refractivity contribution in [2.24, 2.45) is 5.41 Å². The number of esters is 1. The number of benzene rings is 1. The van der Waals surface area contributed by atoms with E-state index in [9.17, 15) is 4.79 Å². The van der Waals surface area contributed by atoms with Crippen LogP contribution in [0, 0.1) is 5.41 Å². The van der Waals surface area contributed by atoms with Gasteiger partial charge in [-0.15, -0.1) is 0 Å². The molecule has 1 aromatic rings. The highest BCUT2D eigenvalue weighted by Gasteiger charge is 2.38. The summed E-state index contributed by atoms with van der Waals surface area (Å²) in [7, 11) is 0. The Kier molecular flexibility index (Phi) is 13.2. The molecule has 0 fully saturated rings. The summed E-state index contributed by atoms with van der Waals surface area (Å²) in [6.45, 7) is 24.7. The fraction of sp³-hybridized carbons (Fsp3) is 0.710. The summed E-state index contributed by atoms with van der Waals surface area (Å²) in [5, 5.41) is 0. The first kappa shape index (κ1) is 33.0. The van der Waals surface area contributed by atoms with Crippen molar-refractivity contribution in [1.82, 2.24) is 0 Å². The van der Waals surface area contributed by atoms with Crippen LogP contribution in [-0.2, 0) is 19.0 Å². The predicted octanol–water partition coefficient (Wildman–Crippen LogP) is 7.54. The minimum absolute atomic E-state index is 0.0195. The minimum Gasteiger partial charge on any atom is -0.494 e. The molecular weight excluding hydrogens is 468 g/mol. The van der Waals surface area contributed by atoms with Crippen molar-refractivity contribution < 1.29 is 28.5 Å². The van der Waals surface area contributed by atoms with E-state index in [2.05, 4.69) is 48.1 Å². The van der Waals surface area contributed by atoms with Crippen molar-refractivity contribution in [1.29, 1.82) is 0 Å². The van der Waals surface area contributed by atoms with E-state index in [1.54, 1.807) is 0 Å². The Morgan fingerprint density at radius 2 is 1.43 bits per heavy atom. The number of rotatable bonds is 19. The molecule has 0 unspecified atom stereocenters. The van der Waals surface area contributed by atoms with Crippen LogP contribution in [0.4, 0.5) is 0 Å². The van der Waals surface area contributed by atoms with Gasteiger partial charge in [0.1, 0.15) is 17.1 Å². The molecule has 0 saturated carbocycles. The molecule has 0 aliphatic rings. The van der Waals surface area contributed by atoms with Crippen molar-refractivity contribution in [3.8, 4) is 11.5 Å². The summed E-state index contributed by atoms with van der Waals surface area (Å²) in [6, 6.07) is 7.74. The number of unbranched alkanes of at least 4 members (excludes halogenated alkanes) is 1. The smallest absolute Gasteiger partial charge is 0.330 e. The molecule has 0 radical (unpaired) electrons. The zero-order valence-electron chi connectivity index (χ0n) is 24.9. The van der Waals surface area contributed by atoms with E-state index in [1.807, 2.05) is 45.0 Å². The summed E-state index contributed by atoms with van der Waals surface area (Å²) in [4.78, 5) is 11.5. The van der Waals surface area contributed by atoms with Crippen LogP contribution in [0.1, 0.15) is 94.4 Å². The molecule has 6 nitrogen and oxygen atoms in total. The Morgan fingerprint density at radius 1 is 0.811 bits per heavy atom. The van der Waals surface area contributed by atoms with Gasteiger partial charge in [-0.25, -0.2) is 4.79 Å². The highest BCUT2D eigenvalue weighted by atomic mass is 16.6. The van der Waals surface area contributed by atoms with E-state index < -0.39 is 11.6 Å². The van der Waals surface area contributed by atoms with Gasteiger partial charge in [0.2, 0.25) is 0 Å². The molecular formula is C31H52O6. The SMILES string of the molecule is C=CC(=O)OC(C)(C)CCOC(C)(C)C(C)(C)CCCCOC(C)(C)CCOc1cccc(OCC)c1. The van der Waals surface area contributed by atoms with Crippen LogP contribution in [-0.4, -0.2) is 49.2 Å². The van der Waals surface area contributed by atoms with Gasteiger partial charge in [0.05, 0.1) is 31.0 Å². The van der Waals surface area contributed by atoms with Crippen LogP contribution in [0.3, 0.4) is 0 Å². The van der Waals surface area contributed by atoms with Crippen molar-refractivity contribution in [2.45, 2.75) is 111 Å².